The summed E-state index contributed by atoms with van der Waals surface area (Å²) in [5.74, 6) is 3.13. The van der Waals surface area contributed by atoms with Gasteiger partial charge in [0.1, 0.15) is 11.9 Å². The third-order valence-electron chi connectivity index (χ3n) is 7.13. The van der Waals surface area contributed by atoms with Crippen LogP contribution in [-0.4, -0.2) is 38.6 Å². The Hall–Kier alpha value is -2.70. The van der Waals surface area contributed by atoms with Gasteiger partial charge in [-0.2, -0.15) is 0 Å². The van der Waals surface area contributed by atoms with Crippen molar-refractivity contribution < 1.29 is 4.74 Å². The maximum absolute atomic E-state index is 6.57. The first-order chi connectivity index (χ1) is 15.7. The van der Waals surface area contributed by atoms with Gasteiger partial charge in [-0.1, -0.05) is 24.3 Å². The lowest BCUT2D eigenvalue weighted by Crippen LogP contribution is -2.40. The summed E-state index contributed by atoms with van der Waals surface area (Å²) < 4.78 is 9.00. The summed E-state index contributed by atoms with van der Waals surface area (Å²) in [6.07, 6.45) is 4.07. The van der Waals surface area contributed by atoms with Gasteiger partial charge in [-0.15, -0.1) is 11.3 Å². The fourth-order valence-corrected chi connectivity index (χ4v) is 6.54. The molecule has 2 aliphatic rings. The second-order valence-corrected chi connectivity index (χ2v) is 10.2. The van der Waals surface area contributed by atoms with E-state index in [1.54, 1.807) is 0 Å². The van der Waals surface area contributed by atoms with Gasteiger partial charge in [0.2, 0.25) is 5.88 Å². The molecule has 1 aliphatic carbocycles. The van der Waals surface area contributed by atoms with E-state index in [2.05, 4.69) is 63.2 Å². The number of para-hydroxylation sites is 2. The molecule has 5 nitrogen and oxygen atoms in total. The summed E-state index contributed by atoms with van der Waals surface area (Å²) in [5.41, 5.74) is 2.27. The van der Waals surface area contributed by atoms with Crippen molar-refractivity contribution in [3.63, 3.8) is 0 Å². The van der Waals surface area contributed by atoms with E-state index in [0.717, 1.165) is 43.2 Å². The Labute approximate surface area is 192 Å². The minimum Gasteiger partial charge on any atom is -0.472 e. The Bertz CT molecular complexity index is 1190. The van der Waals surface area contributed by atoms with Crippen LogP contribution in [-0.2, 0) is 6.54 Å². The van der Waals surface area contributed by atoms with Crippen molar-refractivity contribution in [2.75, 3.05) is 13.1 Å². The van der Waals surface area contributed by atoms with Gasteiger partial charge in [0.05, 0.1) is 17.1 Å². The number of benzene rings is 1. The lowest BCUT2D eigenvalue weighted by molar-refractivity contribution is 0.0522. The number of fused-ring (bicyclic) bond motifs is 2. The molecular formula is C26H28N4OS. The molecule has 1 aromatic carbocycles. The molecule has 6 heteroatoms. The summed E-state index contributed by atoms with van der Waals surface area (Å²) in [6, 6.07) is 19.1. The lowest BCUT2D eigenvalue weighted by atomic mass is 9.77. The summed E-state index contributed by atoms with van der Waals surface area (Å²) >= 11 is 1.86. The number of imidazole rings is 1. The van der Waals surface area contributed by atoms with Crippen LogP contribution in [0, 0.1) is 18.8 Å². The van der Waals surface area contributed by atoms with Crippen molar-refractivity contribution in [2.45, 2.75) is 38.5 Å². The Morgan fingerprint density at radius 3 is 2.66 bits per heavy atom. The molecule has 32 heavy (non-hydrogen) atoms. The van der Waals surface area contributed by atoms with E-state index in [1.165, 1.54) is 16.9 Å². The van der Waals surface area contributed by atoms with E-state index >= 15 is 0 Å². The SMILES string of the molecule is Cc1nc2ccccc2n1[C@H]1C[C@H]2CN(Cc3cccs3)C[C@H]2C[C@@H]1Oc1ccccn1. The Morgan fingerprint density at radius 2 is 1.84 bits per heavy atom. The predicted octanol–water partition coefficient (Wildman–Crippen LogP) is 5.33. The number of likely N-dealkylation sites (tertiary alicyclic amines) is 1. The zero-order valence-electron chi connectivity index (χ0n) is 18.3. The Morgan fingerprint density at radius 1 is 1.00 bits per heavy atom. The van der Waals surface area contributed by atoms with Crippen LogP contribution in [0.15, 0.2) is 66.2 Å². The largest absolute Gasteiger partial charge is 0.472 e. The van der Waals surface area contributed by atoms with E-state index < -0.39 is 0 Å². The first-order valence-corrected chi connectivity index (χ1v) is 12.4. The van der Waals surface area contributed by atoms with E-state index in [-0.39, 0.29) is 12.1 Å². The molecule has 1 aliphatic heterocycles. The van der Waals surface area contributed by atoms with Gasteiger partial charge in [0.15, 0.2) is 0 Å². The van der Waals surface area contributed by atoms with Crippen molar-refractivity contribution in [3.05, 3.63) is 76.9 Å². The number of aryl methyl sites for hydroxylation is 1. The van der Waals surface area contributed by atoms with Gasteiger partial charge in [-0.05, 0) is 61.2 Å². The number of hydrogen-bond acceptors (Lipinski definition) is 5. The molecule has 2 fully saturated rings. The number of hydrogen-bond donors (Lipinski definition) is 0. The molecule has 0 spiro atoms. The third-order valence-corrected chi connectivity index (χ3v) is 7.99. The zero-order chi connectivity index (χ0) is 21.5. The predicted molar refractivity (Wildman–Crippen MR) is 128 cm³/mol. The minimum absolute atomic E-state index is 0.0872. The maximum atomic E-state index is 6.57. The Kier molecular flexibility index (Phi) is 5.20. The van der Waals surface area contributed by atoms with E-state index in [0.29, 0.717) is 11.8 Å². The molecule has 4 atom stereocenters. The summed E-state index contributed by atoms with van der Waals surface area (Å²) in [6.45, 7) is 5.51. The molecule has 4 heterocycles. The van der Waals surface area contributed by atoms with Gasteiger partial charge in [-0.3, -0.25) is 4.90 Å². The Balaban J connectivity index is 1.32. The highest BCUT2D eigenvalue weighted by Crippen LogP contribution is 2.44. The second kappa shape index (κ2) is 8.34. The third kappa shape index (κ3) is 3.71. The number of aromatic nitrogens is 3. The van der Waals surface area contributed by atoms with Crippen molar-refractivity contribution in [2.24, 2.45) is 11.8 Å². The molecule has 0 bridgehead atoms. The molecule has 0 amide bonds. The highest BCUT2D eigenvalue weighted by atomic mass is 32.1. The number of nitrogens with zero attached hydrogens (tertiary/aromatic N) is 4. The highest BCUT2D eigenvalue weighted by molar-refractivity contribution is 7.09. The minimum atomic E-state index is 0.0872. The zero-order valence-corrected chi connectivity index (χ0v) is 19.1. The number of pyridine rings is 1. The van der Waals surface area contributed by atoms with E-state index in [4.69, 9.17) is 9.72 Å². The first-order valence-electron chi connectivity index (χ1n) is 11.5. The lowest BCUT2D eigenvalue weighted by Gasteiger charge is -2.39. The van der Waals surface area contributed by atoms with Gasteiger partial charge in [0, 0.05) is 36.8 Å². The van der Waals surface area contributed by atoms with Gasteiger partial charge >= 0.3 is 0 Å². The molecule has 0 radical (unpaired) electrons. The van der Waals surface area contributed by atoms with Crippen LogP contribution < -0.4 is 4.74 Å². The number of ether oxygens (including phenoxy) is 1. The van der Waals surface area contributed by atoms with Gasteiger partial charge in [-0.25, -0.2) is 9.97 Å². The molecule has 6 rings (SSSR count). The summed E-state index contributed by atoms with van der Waals surface area (Å²) in [5, 5.41) is 2.18. The fourth-order valence-electron chi connectivity index (χ4n) is 5.79. The quantitative estimate of drug-likeness (QED) is 0.417. The standard InChI is InChI=1S/C26H28N4OS/c1-18-28-22-8-2-3-9-23(22)30(18)24-13-19-15-29(17-21-7-6-12-32-21)16-20(19)14-25(24)31-26-10-4-5-11-27-26/h2-12,19-20,24-25H,13-17H2,1H3/t19-,20+,24-,25-/m0/s1. The van der Waals surface area contributed by atoms with Crippen LogP contribution in [0.2, 0.25) is 0 Å². The van der Waals surface area contributed by atoms with Crippen molar-refractivity contribution in [1.29, 1.82) is 0 Å². The second-order valence-electron chi connectivity index (χ2n) is 9.17. The van der Waals surface area contributed by atoms with Crippen LogP contribution in [0.1, 0.15) is 29.6 Å². The van der Waals surface area contributed by atoms with Crippen LogP contribution >= 0.6 is 11.3 Å². The normalized spacial score (nSPS) is 25.8. The van der Waals surface area contributed by atoms with Crippen molar-refractivity contribution >= 4 is 22.4 Å². The molecule has 164 valence electrons. The van der Waals surface area contributed by atoms with Gasteiger partial charge < -0.3 is 9.30 Å². The molecule has 0 unspecified atom stereocenters. The topological polar surface area (TPSA) is 43.2 Å². The van der Waals surface area contributed by atoms with Crippen LogP contribution in [0.4, 0.5) is 0 Å². The molecular weight excluding hydrogens is 416 g/mol. The van der Waals surface area contributed by atoms with Crippen LogP contribution in [0.3, 0.4) is 0 Å². The molecule has 1 saturated carbocycles. The van der Waals surface area contributed by atoms with Crippen molar-refractivity contribution in [3.8, 4) is 5.88 Å². The van der Waals surface area contributed by atoms with Crippen molar-refractivity contribution in [1.82, 2.24) is 19.4 Å². The monoisotopic (exact) mass is 444 g/mol. The summed E-state index contributed by atoms with van der Waals surface area (Å²) in [4.78, 5) is 13.4. The van der Waals surface area contributed by atoms with E-state index in [1.807, 2.05) is 35.7 Å². The van der Waals surface area contributed by atoms with E-state index in [9.17, 15) is 0 Å². The maximum Gasteiger partial charge on any atom is 0.213 e. The average molecular weight is 445 g/mol. The molecule has 1 saturated heterocycles. The number of thiophene rings is 1. The van der Waals surface area contributed by atoms with Crippen LogP contribution in [0.5, 0.6) is 5.88 Å². The first kappa shape index (κ1) is 19.9. The molecule has 0 N–H and O–H groups in total. The highest BCUT2D eigenvalue weighted by Gasteiger charge is 2.44. The number of rotatable bonds is 5. The smallest absolute Gasteiger partial charge is 0.213 e. The summed E-state index contributed by atoms with van der Waals surface area (Å²) in [7, 11) is 0. The van der Waals surface area contributed by atoms with Gasteiger partial charge in [0.25, 0.3) is 0 Å². The fraction of sp³-hybridized carbons (Fsp3) is 0.385. The van der Waals surface area contributed by atoms with Crippen LogP contribution in [0.25, 0.3) is 11.0 Å². The molecule has 3 aromatic heterocycles. The molecule has 4 aromatic rings. The average Bonchev–Trinajstić information content (AvgIpc) is 3.52.